The van der Waals surface area contributed by atoms with E-state index in [1.54, 1.807) is 6.07 Å². The SMILES string of the molecule is CC(C)c1cc(Br)c(F)c(C(=O)O)c1. The maximum atomic E-state index is 13.3. The van der Waals surface area contributed by atoms with Crippen LogP contribution in [0, 0.1) is 5.82 Å². The van der Waals surface area contributed by atoms with E-state index < -0.39 is 11.8 Å². The topological polar surface area (TPSA) is 37.3 Å². The molecule has 0 unspecified atom stereocenters. The molecule has 0 radical (unpaired) electrons. The highest BCUT2D eigenvalue weighted by molar-refractivity contribution is 9.10. The fourth-order valence-electron chi connectivity index (χ4n) is 1.10. The van der Waals surface area contributed by atoms with Gasteiger partial charge in [0.05, 0.1) is 10.0 Å². The maximum Gasteiger partial charge on any atom is 0.338 e. The molecule has 0 spiro atoms. The summed E-state index contributed by atoms with van der Waals surface area (Å²) < 4.78 is 13.5. The summed E-state index contributed by atoms with van der Waals surface area (Å²) in [5.41, 5.74) is 0.513. The van der Waals surface area contributed by atoms with Gasteiger partial charge >= 0.3 is 5.97 Å². The molecular formula is C10H10BrFO2. The minimum atomic E-state index is -1.24. The number of carbonyl (C=O) groups is 1. The van der Waals surface area contributed by atoms with E-state index in [0.717, 1.165) is 5.56 Å². The highest BCUT2D eigenvalue weighted by Crippen LogP contribution is 2.25. The van der Waals surface area contributed by atoms with Crippen LogP contribution in [0.25, 0.3) is 0 Å². The maximum absolute atomic E-state index is 13.3. The Morgan fingerprint density at radius 1 is 1.50 bits per heavy atom. The molecule has 76 valence electrons. The van der Waals surface area contributed by atoms with Gasteiger partial charge in [-0.3, -0.25) is 0 Å². The number of halogens is 2. The zero-order valence-electron chi connectivity index (χ0n) is 7.84. The van der Waals surface area contributed by atoms with Crippen molar-refractivity contribution in [2.24, 2.45) is 0 Å². The quantitative estimate of drug-likeness (QED) is 0.885. The molecule has 0 saturated carbocycles. The minimum absolute atomic E-state index is 0.171. The monoisotopic (exact) mass is 260 g/mol. The molecule has 0 fully saturated rings. The van der Waals surface area contributed by atoms with Gasteiger partial charge in [0.25, 0.3) is 0 Å². The van der Waals surface area contributed by atoms with Crippen LogP contribution in [-0.4, -0.2) is 11.1 Å². The molecule has 1 rings (SSSR count). The van der Waals surface area contributed by atoms with Crippen LogP contribution in [-0.2, 0) is 0 Å². The molecule has 1 N–H and O–H groups in total. The molecule has 14 heavy (non-hydrogen) atoms. The predicted octanol–water partition coefficient (Wildman–Crippen LogP) is 3.41. The van der Waals surface area contributed by atoms with Gasteiger partial charge in [0.1, 0.15) is 0 Å². The van der Waals surface area contributed by atoms with E-state index in [1.807, 2.05) is 13.8 Å². The standard InChI is InChI=1S/C10H10BrFO2/c1-5(2)6-3-7(10(13)14)9(12)8(11)4-6/h3-5H,1-2H3,(H,13,14). The Labute approximate surface area is 89.9 Å². The summed E-state index contributed by atoms with van der Waals surface area (Å²) >= 11 is 3.00. The largest absolute Gasteiger partial charge is 0.478 e. The van der Waals surface area contributed by atoms with Gasteiger partial charge in [-0.2, -0.15) is 0 Å². The van der Waals surface area contributed by atoms with Gasteiger partial charge in [0.2, 0.25) is 0 Å². The molecule has 0 aliphatic carbocycles. The Balaban J connectivity index is 3.35. The van der Waals surface area contributed by atoms with E-state index in [-0.39, 0.29) is 16.0 Å². The van der Waals surface area contributed by atoms with Crippen molar-refractivity contribution in [3.8, 4) is 0 Å². The van der Waals surface area contributed by atoms with Crippen LogP contribution in [0.5, 0.6) is 0 Å². The Bertz CT molecular complexity index is 375. The van der Waals surface area contributed by atoms with Gasteiger partial charge in [-0.15, -0.1) is 0 Å². The predicted molar refractivity (Wildman–Crippen MR) is 55.1 cm³/mol. The number of benzene rings is 1. The molecule has 1 aromatic rings. The van der Waals surface area contributed by atoms with E-state index in [4.69, 9.17) is 5.11 Å². The second-order valence-corrected chi connectivity index (χ2v) is 4.18. The van der Waals surface area contributed by atoms with Crippen molar-refractivity contribution in [1.29, 1.82) is 0 Å². The lowest BCUT2D eigenvalue weighted by atomic mass is 10.0. The summed E-state index contributed by atoms with van der Waals surface area (Å²) in [5, 5.41) is 8.74. The number of rotatable bonds is 2. The van der Waals surface area contributed by atoms with Gasteiger partial charge in [-0.25, -0.2) is 9.18 Å². The van der Waals surface area contributed by atoms with Crippen LogP contribution in [0.2, 0.25) is 0 Å². The van der Waals surface area contributed by atoms with Crippen molar-refractivity contribution >= 4 is 21.9 Å². The first kappa shape index (κ1) is 11.2. The second kappa shape index (κ2) is 4.09. The van der Waals surface area contributed by atoms with Crippen molar-refractivity contribution in [3.05, 3.63) is 33.5 Å². The zero-order valence-corrected chi connectivity index (χ0v) is 9.43. The summed E-state index contributed by atoms with van der Waals surface area (Å²) in [7, 11) is 0. The number of carboxylic acids is 1. The molecular weight excluding hydrogens is 251 g/mol. The van der Waals surface area contributed by atoms with Crippen molar-refractivity contribution in [3.63, 3.8) is 0 Å². The first-order valence-electron chi connectivity index (χ1n) is 4.15. The van der Waals surface area contributed by atoms with Crippen molar-refractivity contribution in [2.45, 2.75) is 19.8 Å². The second-order valence-electron chi connectivity index (χ2n) is 3.32. The summed E-state index contributed by atoms with van der Waals surface area (Å²) in [6.45, 7) is 3.84. The fourth-order valence-corrected chi connectivity index (χ4v) is 1.58. The average Bonchev–Trinajstić information content (AvgIpc) is 2.08. The van der Waals surface area contributed by atoms with Crippen LogP contribution >= 0.6 is 15.9 Å². The van der Waals surface area contributed by atoms with Crippen LogP contribution in [0.4, 0.5) is 4.39 Å². The molecule has 0 bridgehead atoms. The van der Waals surface area contributed by atoms with Gasteiger partial charge in [0, 0.05) is 0 Å². The van der Waals surface area contributed by atoms with E-state index in [9.17, 15) is 9.18 Å². The Morgan fingerprint density at radius 3 is 2.50 bits per heavy atom. The summed E-state index contributed by atoms with van der Waals surface area (Å²) in [6, 6.07) is 2.97. The highest BCUT2D eigenvalue weighted by Gasteiger charge is 2.15. The molecule has 1 aromatic carbocycles. The highest BCUT2D eigenvalue weighted by atomic mass is 79.9. The van der Waals surface area contributed by atoms with E-state index in [2.05, 4.69) is 15.9 Å². The number of hydrogen-bond donors (Lipinski definition) is 1. The Kier molecular flexibility index (Phi) is 3.26. The van der Waals surface area contributed by atoms with Gasteiger partial charge < -0.3 is 5.11 Å². The molecule has 0 atom stereocenters. The molecule has 4 heteroatoms. The van der Waals surface area contributed by atoms with E-state index in [0.29, 0.717) is 0 Å². The van der Waals surface area contributed by atoms with Crippen molar-refractivity contribution in [1.82, 2.24) is 0 Å². The lowest BCUT2D eigenvalue weighted by Crippen LogP contribution is -2.03. The fraction of sp³-hybridized carbons (Fsp3) is 0.300. The molecule has 0 amide bonds. The molecule has 0 aromatic heterocycles. The van der Waals surface area contributed by atoms with Crippen LogP contribution in [0.15, 0.2) is 16.6 Å². The van der Waals surface area contributed by atoms with Crippen LogP contribution in [0.1, 0.15) is 35.7 Å². The molecule has 0 aliphatic rings. The number of hydrogen-bond acceptors (Lipinski definition) is 1. The first-order chi connectivity index (χ1) is 6.43. The summed E-state index contributed by atoms with van der Waals surface area (Å²) in [5.74, 6) is -1.79. The van der Waals surface area contributed by atoms with Gasteiger partial charge in [-0.1, -0.05) is 13.8 Å². The van der Waals surface area contributed by atoms with Crippen molar-refractivity contribution in [2.75, 3.05) is 0 Å². The average molecular weight is 261 g/mol. The zero-order chi connectivity index (χ0) is 10.9. The minimum Gasteiger partial charge on any atom is -0.478 e. The molecule has 0 aliphatic heterocycles. The van der Waals surface area contributed by atoms with Crippen molar-refractivity contribution < 1.29 is 14.3 Å². The number of aromatic carboxylic acids is 1. The molecule has 0 heterocycles. The van der Waals surface area contributed by atoms with Gasteiger partial charge in [0.15, 0.2) is 5.82 Å². The Hall–Kier alpha value is -0.900. The summed E-state index contributed by atoms with van der Waals surface area (Å²) in [6.07, 6.45) is 0. The lowest BCUT2D eigenvalue weighted by Gasteiger charge is -2.08. The smallest absolute Gasteiger partial charge is 0.338 e. The third kappa shape index (κ3) is 2.12. The van der Waals surface area contributed by atoms with E-state index in [1.165, 1.54) is 6.07 Å². The third-order valence-corrected chi connectivity index (χ3v) is 2.52. The Morgan fingerprint density at radius 2 is 2.07 bits per heavy atom. The molecule has 2 nitrogen and oxygen atoms in total. The molecule has 0 saturated heterocycles. The number of carboxylic acid groups (broad SMARTS) is 1. The third-order valence-electron chi connectivity index (χ3n) is 1.95. The van der Waals surface area contributed by atoms with E-state index >= 15 is 0 Å². The lowest BCUT2D eigenvalue weighted by molar-refractivity contribution is 0.0691. The van der Waals surface area contributed by atoms with Crippen LogP contribution < -0.4 is 0 Å². The van der Waals surface area contributed by atoms with Gasteiger partial charge in [-0.05, 0) is 39.5 Å². The normalized spacial score (nSPS) is 10.6. The summed E-state index contributed by atoms with van der Waals surface area (Å²) in [4.78, 5) is 10.7. The van der Waals surface area contributed by atoms with Crippen LogP contribution in [0.3, 0.4) is 0 Å². The first-order valence-corrected chi connectivity index (χ1v) is 4.95.